The molecule has 1 amide bonds. The van der Waals surface area contributed by atoms with Crippen LogP contribution in [0, 0.1) is 6.92 Å². The van der Waals surface area contributed by atoms with Gasteiger partial charge >= 0.3 is 0 Å². The van der Waals surface area contributed by atoms with Gasteiger partial charge in [0.05, 0.1) is 0 Å². The molecule has 0 bridgehead atoms. The first kappa shape index (κ1) is 18.8. The SMILES string of the molecule is Cc1ccccc1CNC(=O)CCNCCc1ccc(Cl)cc1Cl. The van der Waals surface area contributed by atoms with Crippen molar-refractivity contribution in [2.24, 2.45) is 0 Å². The summed E-state index contributed by atoms with van der Waals surface area (Å²) in [5.41, 5.74) is 3.39. The molecule has 0 aliphatic rings. The zero-order valence-corrected chi connectivity index (χ0v) is 15.3. The molecule has 2 rings (SSSR count). The minimum Gasteiger partial charge on any atom is -0.352 e. The van der Waals surface area contributed by atoms with Crippen LogP contribution in [0.2, 0.25) is 10.0 Å². The predicted octanol–water partition coefficient (Wildman–Crippen LogP) is 4.14. The van der Waals surface area contributed by atoms with Crippen LogP contribution in [-0.2, 0) is 17.8 Å². The molecule has 0 unspecified atom stereocenters. The molecule has 0 saturated carbocycles. The fraction of sp³-hybridized carbons (Fsp3) is 0.316. The molecule has 0 aliphatic heterocycles. The summed E-state index contributed by atoms with van der Waals surface area (Å²) >= 11 is 12.0. The fourth-order valence-corrected chi connectivity index (χ4v) is 2.87. The summed E-state index contributed by atoms with van der Waals surface area (Å²) in [7, 11) is 0. The maximum Gasteiger partial charge on any atom is 0.221 e. The highest BCUT2D eigenvalue weighted by molar-refractivity contribution is 6.35. The summed E-state index contributed by atoms with van der Waals surface area (Å²) < 4.78 is 0. The van der Waals surface area contributed by atoms with Crippen molar-refractivity contribution in [1.29, 1.82) is 0 Å². The van der Waals surface area contributed by atoms with E-state index in [4.69, 9.17) is 23.2 Å². The Morgan fingerprint density at radius 3 is 2.58 bits per heavy atom. The van der Waals surface area contributed by atoms with E-state index in [1.54, 1.807) is 6.07 Å². The van der Waals surface area contributed by atoms with Gasteiger partial charge in [0.15, 0.2) is 0 Å². The monoisotopic (exact) mass is 364 g/mol. The largest absolute Gasteiger partial charge is 0.352 e. The Morgan fingerprint density at radius 1 is 1.04 bits per heavy atom. The quantitative estimate of drug-likeness (QED) is 0.691. The fourth-order valence-electron chi connectivity index (χ4n) is 2.37. The van der Waals surface area contributed by atoms with Gasteiger partial charge in [-0.05, 0) is 48.7 Å². The Morgan fingerprint density at radius 2 is 1.83 bits per heavy atom. The van der Waals surface area contributed by atoms with Crippen LogP contribution >= 0.6 is 23.2 Å². The molecule has 0 spiro atoms. The first-order valence-electron chi connectivity index (χ1n) is 8.02. The molecule has 24 heavy (non-hydrogen) atoms. The average Bonchev–Trinajstić information content (AvgIpc) is 2.55. The summed E-state index contributed by atoms with van der Waals surface area (Å²) in [6, 6.07) is 13.6. The zero-order chi connectivity index (χ0) is 17.4. The molecule has 5 heteroatoms. The lowest BCUT2D eigenvalue weighted by Crippen LogP contribution is -2.28. The second-order valence-electron chi connectivity index (χ2n) is 5.69. The number of carbonyl (C=O) groups excluding carboxylic acids is 1. The highest BCUT2D eigenvalue weighted by atomic mass is 35.5. The number of hydrogen-bond acceptors (Lipinski definition) is 2. The van der Waals surface area contributed by atoms with E-state index in [2.05, 4.69) is 10.6 Å². The second-order valence-corrected chi connectivity index (χ2v) is 6.53. The van der Waals surface area contributed by atoms with Gasteiger partial charge in [0.25, 0.3) is 0 Å². The number of amides is 1. The smallest absolute Gasteiger partial charge is 0.221 e. The predicted molar refractivity (Wildman–Crippen MR) is 101 cm³/mol. The molecule has 2 aromatic carbocycles. The molecule has 0 aliphatic carbocycles. The maximum atomic E-state index is 11.9. The van der Waals surface area contributed by atoms with Gasteiger partial charge in [-0.3, -0.25) is 4.79 Å². The van der Waals surface area contributed by atoms with Gasteiger partial charge in [0.1, 0.15) is 0 Å². The van der Waals surface area contributed by atoms with Gasteiger partial charge in [-0.15, -0.1) is 0 Å². The van der Waals surface area contributed by atoms with Crippen LogP contribution in [0.4, 0.5) is 0 Å². The summed E-state index contributed by atoms with van der Waals surface area (Å²) in [5, 5.41) is 7.53. The van der Waals surface area contributed by atoms with E-state index in [0.717, 1.165) is 24.1 Å². The summed E-state index contributed by atoms with van der Waals surface area (Å²) in [5.74, 6) is 0.0512. The number of benzene rings is 2. The lowest BCUT2D eigenvalue weighted by atomic mass is 10.1. The van der Waals surface area contributed by atoms with E-state index < -0.39 is 0 Å². The number of halogens is 2. The Bertz CT molecular complexity index is 689. The Kier molecular flexibility index (Phi) is 7.57. The van der Waals surface area contributed by atoms with Crippen LogP contribution in [0.15, 0.2) is 42.5 Å². The molecule has 2 aromatic rings. The van der Waals surface area contributed by atoms with Gasteiger partial charge < -0.3 is 10.6 Å². The van der Waals surface area contributed by atoms with Crippen LogP contribution < -0.4 is 10.6 Å². The van der Waals surface area contributed by atoms with E-state index in [0.29, 0.717) is 29.6 Å². The zero-order valence-electron chi connectivity index (χ0n) is 13.7. The molecule has 128 valence electrons. The van der Waals surface area contributed by atoms with E-state index in [-0.39, 0.29) is 5.91 Å². The number of rotatable bonds is 8. The minimum atomic E-state index is 0.0512. The molecule has 0 saturated heterocycles. The molecular weight excluding hydrogens is 343 g/mol. The van der Waals surface area contributed by atoms with E-state index in [9.17, 15) is 4.79 Å². The first-order chi connectivity index (χ1) is 11.6. The topological polar surface area (TPSA) is 41.1 Å². The molecule has 0 radical (unpaired) electrons. The summed E-state index contributed by atoms with van der Waals surface area (Å²) in [4.78, 5) is 11.9. The van der Waals surface area contributed by atoms with Crippen molar-refractivity contribution in [3.05, 3.63) is 69.2 Å². The number of hydrogen-bond donors (Lipinski definition) is 2. The average molecular weight is 365 g/mol. The third-order valence-electron chi connectivity index (χ3n) is 3.85. The second kappa shape index (κ2) is 9.67. The Labute approximate surface area is 153 Å². The van der Waals surface area contributed by atoms with Crippen molar-refractivity contribution in [1.82, 2.24) is 10.6 Å². The highest BCUT2D eigenvalue weighted by Gasteiger charge is 2.04. The highest BCUT2D eigenvalue weighted by Crippen LogP contribution is 2.20. The lowest BCUT2D eigenvalue weighted by molar-refractivity contribution is -0.121. The normalized spacial score (nSPS) is 10.6. The minimum absolute atomic E-state index is 0.0512. The Balaban J connectivity index is 1.62. The van der Waals surface area contributed by atoms with Crippen molar-refractivity contribution < 1.29 is 4.79 Å². The van der Waals surface area contributed by atoms with Gasteiger partial charge in [-0.1, -0.05) is 53.5 Å². The van der Waals surface area contributed by atoms with Crippen molar-refractivity contribution in [3.8, 4) is 0 Å². The molecule has 3 nitrogen and oxygen atoms in total. The summed E-state index contributed by atoms with van der Waals surface area (Å²) in [6.45, 7) is 4.04. The van der Waals surface area contributed by atoms with Crippen molar-refractivity contribution in [3.63, 3.8) is 0 Å². The number of carbonyl (C=O) groups is 1. The maximum absolute atomic E-state index is 11.9. The standard InChI is InChI=1S/C19H22Cl2N2O/c1-14-4-2-3-5-16(14)13-23-19(24)9-11-22-10-8-15-6-7-17(20)12-18(15)21/h2-7,12,22H,8-11,13H2,1H3,(H,23,24). The van der Waals surface area contributed by atoms with Crippen molar-refractivity contribution in [2.45, 2.75) is 26.3 Å². The molecule has 0 atom stereocenters. The van der Waals surface area contributed by atoms with Gasteiger partial charge in [0, 0.05) is 29.6 Å². The van der Waals surface area contributed by atoms with Crippen LogP contribution in [0.1, 0.15) is 23.1 Å². The van der Waals surface area contributed by atoms with Crippen molar-refractivity contribution in [2.75, 3.05) is 13.1 Å². The third-order valence-corrected chi connectivity index (χ3v) is 4.44. The molecule has 0 heterocycles. The van der Waals surface area contributed by atoms with Gasteiger partial charge in [-0.2, -0.15) is 0 Å². The van der Waals surface area contributed by atoms with Crippen LogP contribution in [0.25, 0.3) is 0 Å². The van der Waals surface area contributed by atoms with Gasteiger partial charge in [-0.25, -0.2) is 0 Å². The molecule has 0 aromatic heterocycles. The number of aryl methyl sites for hydroxylation is 1. The third kappa shape index (κ3) is 6.16. The lowest BCUT2D eigenvalue weighted by Gasteiger charge is -2.09. The van der Waals surface area contributed by atoms with Crippen LogP contribution in [0.5, 0.6) is 0 Å². The van der Waals surface area contributed by atoms with Crippen molar-refractivity contribution >= 4 is 29.1 Å². The van der Waals surface area contributed by atoms with Crippen LogP contribution in [-0.4, -0.2) is 19.0 Å². The molecular formula is C19H22Cl2N2O. The van der Waals surface area contributed by atoms with E-state index in [1.165, 1.54) is 5.56 Å². The Hall–Kier alpha value is -1.55. The van der Waals surface area contributed by atoms with Gasteiger partial charge in [0.2, 0.25) is 5.91 Å². The van der Waals surface area contributed by atoms with Crippen LogP contribution in [0.3, 0.4) is 0 Å². The number of nitrogens with one attached hydrogen (secondary N) is 2. The molecule has 0 fully saturated rings. The molecule has 2 N–H and O–H groups in total. The first-order valence-corrected chi connectivity index (χ1v) is 8.77. The van der Waals surface area contributed by atoms with E-state index in [1.807, 2.05) is 43.3 Å². The summed E-state index contributed by atoms with van der Waals surface area (Å²) in [6.07, 6.45) is 1.26. The van der Waals surface area contributed by atoms with E-state index >= 15 is 0 Å².